The van der Waals surface area contributed by atoms with Gasteiger partial charge in [-0.3, -0.25) is 18.7 Å². The van der Waals surface area contributed by atoms with Crippen molar-refractivity contribution < 1.29 is 4.79 Å². The van der Waals surface area contributed by atoms with Gasteiger partial charge in [-0.1, -0.05) is 26.0 Å². The van der Waals surface area contributed by atoms with Gasteiger partial charge in [-0.25, -0.2) is 4.79 Å². The average molecular weight is 343 g/mol. The molecule has 1 aliphatic rings. The van der Waals surface area contributed by atoms with Crippen molar-refractivity contribution >= 4 is 16.8 Å². The molecule has 6 nitrogen and oxygen atoms in total. The molecule has 6 heteroatoms. The number of rotatable bonds is 5. The second-order valence-electron chi connectivity index (χ2n) is 7.11. The van der Waals surface area contributed by atoms with Gasteiger partial charge < -0.3 is 4.90 Å². The van der Waals surface area contributed by atoms with Crippen LogP contribution < -0.4 is 11.2 Å². The highest BCUT2D eigenvalue weighted by Crippen LogP contribution is 2.11. The SMILES string of the molecule is CC(C)CCn1c(=O)c2ccccc2n(CC(=O)N2CCCC2)c1=O. The second-order valence-corrected chi connectivity index (χ2v) is 7.11. The van der Waals surface area contributed by atoms with Gasteiger partial charge >= 0.3 is 5.69 Å². The van der Waals surface area contributed by atoms with Gasteiger partial charge in [-0.05, 0) is 37.3 Å². The number of hydrogen-bond donors (Lipinski definition) is 0. The van der Waals surface area contributed by atoms with Gasteiger partial charge in [0, 0.05) is 19.6 Å². The Morgan fingerprint density at radius 3 is 2.44 bits per heavy atom. The molecule has 0 atom stereocenters. The highest BCUT2D eigenvalue weighted by Gasteiger charge is 2.21. The van der Waals surface area contributed by atoms with Crippen LogP contribution in [0.1, 0.15) is 33.1 Å². The van der Waals surface area contributed by atoms with Crippen LogP contribution in [-0.2, 0) is 17.9 Å². The minimum absolute atomic E-state index is 0.0126. The maximum absolute atomic E-state index is 12.9. The first-order valence-corrected chi connectivity index (χ1v) is 8.99. The van der Waals surface area contributed by atoms with E-state index in [1.54, 1.807) is 29.2 Å². The fourth-order valence-electron chi connectivity index (χ4n) is 3.31. The van der Waals surface area contributed by atoms with Crippen LogP contribution in [0, 0.1) is 5.92 Å². The van der Waals surface area contributed by atoms with Crippen molar-refractivity contribution in [1.82, 2.24) is 14.0 Å². The quantitative estimate of drug-likeness (QED) is 0.832. The van der Waals surface area contributed by atoms with Crippen molar-refractivity contribution in [2.24, 2.45) is 5.92 Å². The summed E-state index contributed by atoms with van der Waals surface area (Å²) < 4.78 is 2.73. The number of nitrogens with zero attached hydrogens (tertiary/aromatic N) is 3. The Morgan fingerprint density at radius 1 is 1.08 bits per heavy atom. The smallest absolute Gasteiger partial charge is 0.331 e. The van der Waals surface area contributed by atoms with E-state index in [4.69, 9.17) is 0 Å². The number of amides is 1. The molecule has 0 spiro atoms. The standard InChI is InChI=1S/C19H25N3O3/c1-14(2)9-12-21-18(24)15-7-3-4-8-16(15)22(19(21)25)13-17(23)20-10-5-6-11-20/h3-4,7-8,14H,5-6,9-13H2,1-2H3. The molecule has 0 unspecified atom stereocenters. The third-order valence-electron chi connectivity index (χ3n) is 4.81. The van der Waals surface area contributed by atoms with E-state index < -0.39 is 5.69 Å². The molecule has 1 fully saturated rings. The van der Waals surface area contributed by atoms with Gasteiger partial charge in [-0.2, -0.15) is 0 Å². The van der Waals surface area contributed by atoms with Gasteiger partial charge in [0.25, 0.3) is 5.56 Å². The zero-order valence-corrected chi connectivity index (χ0v) is 14.9. The van der Waals surface area contributed by atoms with E-state index in [-0.39, 0.29) is 18.0 Å². The number of benzene rings is 1. The minimum Gasteiger partial charge on any atom is -0.341 e. The van der Waals surface area contributed by atoms with Crippen LogP contribution in [0.15, 0.2) is 33.9 Å². The Bertz CT molecular complexity index is 889. The number of carbonyl (C=O) groups excluding carboxylic acids is 1. The van der Waals surface area contributed by atoms with Crippen molar-refractivity contribution in [2.75, 3.05) is 13.1 Å². The summed E-state index contributed by atoms with van der Waals surface area (Å²) in [5.74, 6) is 0.330. The zero-order chi connectivity index (χ0) is 18.0. The lowest BCUT2D eigenvalue weighted by Crippen LogP contribution is -2.43. The van der Waals surface area contributed by atoms with E-state index in [0.717, 1.165) is 32.4 Å². The predicted molar refractivity (Wildman–Crippen MR) is 97.7 cm³/mol. The van der Waals surface area contributed by atoms with Crippen molar-refractivity contribution in [2.45, 2.75) is 46.2 Å². The molecule has 1 amide bonds. The Labute approximate surface area is 146 Å². The molecular formula is C19H25N3O3. The normalized spacial score (nSPS) is 14.6. The number of likely N-dealkylation sites (tertiary alicyclic amines) is 1. The molecule has 134 valence electrons. The van der Waals surface area contributed by atoms with Gasteiger partial charge in [0.05, 0.1) is 10.9 Å². The fraction of sp³-hybridized carbons (Fsp3) is 0.526. The molecule has 2 aromatic rings. The monoisotopic (exact) mass is 343 g/mol. The van der Waals surface area contributed by atoms with Crippen LogP contribution in [0.5, 0.6) is 0 Å². The lowest BCUT2D eigenvalue weighted by atomic mass is 10.1. The van der Waals surface area contributed by atoms with E-state index >= 15 is 0 Å². The molecule has 0 saturated carbocycles. The molecule has 1 aliphatic heterocycles. The summed E-state index contributed by atoms with van der Waals surface area (Å²) in [6.45, 7) is 5.97. The summed E-state index contributed by atoms with van der Waals surface area (Å²) in [6, 6.07) is 7.03. The number of para-hydroxylation sites is 1. The van der Waals surface area contributed by atoms with E-state index in [0.29, 0.717) is 23.4 Å². The maximum Gasteiger partial charge on any atom is 0.331 e. The summed E-state index contributed by atoms with van der Waals surface area (Å²) in [7, 11) is 0. The highest BCUT2D eigenvalue weighted by atomic mass is 16.2. The third-order valence-corrected chi connectivity index (χ3v) is 4.81. The van der Waals surface area contributed by atoms with Crippen LogP contribution in [0.2, 0.25) is 0 Å². The van der Waals surface area contributed by atoms with Crippen LogP contribution in [0.3, 0.4) is 0 Å². The Kier molecular flexibility index (Phi) is 5.06. The predicted octanol–water partition coefficient (Wildman–Crippen LogP) is 1.83. The number of hydrogen-bond acceptors (Lipinski definition) is 3. The Morgan fingerprint density at radius 2 is 1.76 bits per heavy atom. The molecule has 0 aliphatic carbocycles. The first-order chi connectivity index (χ1) is 12.0. The van der Waals surface area contributed by atoms with Crippen LogP contribution in [-0.4, -0.2) is 33.0 Å². The topological polar surface area (TPSA) is 64.3 Å². The lowest BCUT2D eigenvalue weighted by Gasteiger charge is -2.18. The molecule has 1 saturated heterocycles. The summed E-state index contributed by atoms with van der Waals surface area (Å²) >= 11 is 0. The molecule has 0 bridgehead atoms. The largest absolute Gasteiger partial charge is 0.341 e. The molecule has 3 rings (SSSR count). The number of fused-ring (bicyclic) bond motifs is 1. The average Bonchev–Trinajstić information content (AvgIpc) is 3.13. The minimum atomic E-state index is -0.392. The molecular weight excluding hydrogens is 318 g/mol. The van der Waals surface area contributed by atoms with Gasteiger partial charge in [-0.15, -0.1) is 0 Å². The molecule has 0 radical (unpaired) electrons. The number of aromatic nitrogens is 2. The Hall–Kier alpha value is -2.37. The van der Waals surface area contributed by atoms with Crippen molar-refractivity contribution in [3.8, 4) is 0 Å². The first kappa shape index (κ1) is 17.5. The lowest BCUT2D eigenvalue weighted by molar-refractivity contribution is -0.130. The van der Waals surface area contributed by atoms with E-state index in [2.05, 4.69) is 13.8 Å². The highest BCUT2D eigenvalue weighted by molar-refractivity contribution is 5.81. The summed E-state index contributed by atoms with van der Waals surface area (Å²) in [6.07, 6.45) is 2.76. The molecule has 2 heterocycles. The van der Waals surface area contributed by atoms with Gasteiger partial charge in [0.2, 0.25) is 5.91 Å². The van der Waals surface area contributed by atoms with E-state index in [9.17, 15) is 14.4 Å². The second kappa shape index (κ2) is 7.25. The van der Waals surface area contributed by atoms with Crippen molar-refractivity contribution in [3.05, 3.63) is 45.1 Å². The van der Waals surface area contributed by atoms with Gasteiger partial charge in [0.1, 0.15) is 6.54 Å². The maximum atomic E-state index is 12.9. The number of carbonyl (C=O) groups is 1. The van der Waals surface area contributed by atoms with Crippen molar-refractivity contribution in [1.29, 1.82) is 0 Å². The Balaban J connectivity index is 2.07. The fourth-order valence-corrected chi connectivity index (χ4v) is 3.31. The summed E-state index contributed by atoms with van der Waals surface area (Å²) in [5, 5.41) is 0.486. The first-order valence-electron chi connectivity index (χ1n) is 8.99. The van der Waals surface area contributed by atoms with E-state index in [1.807, 2.05) is 0 Å². The summed E-state index contributed by atoms with van der Waals surface area (Å²) in [5.41, 5.74) is -0.131. The zero-order valence-electron chi connectivity index (χ0n) is 14.9. The van der Waals surface area contributed by atoms with Crippen LogP contribution in [0.4, 0.5) is 0 Å². The molecule has 25 heavy (non-hydrogen) atoms. The molecule has 1 aromatic heterocycles. The van der Waals surface area contributed by atoms with Gasteiger partial charge in [0.15, 0.2) is 0 Å². The van der Waals surface area contributed by atoms with E-state index in [1.165, 1.54) is 9.13 Å². The molecule has 0 N–H and O–H groups in total. The van der Waals surface area contributed by atoms with Crippen LogP contribution >= 0.6 is 0 Å². The summed E-state index contributed by atoms with van der Waals surface area (Å²) in [4.78, 5) is 40.0. The van der Waals surface area contributed by atoms with Crippen LogP contribution in [0.25, 0.3) is 10.9 Å². The molecule has 1 aromatic carbocycles. The van der Waals surface area contributed by atoms with Crippen molar-refractivity contribution in [3.63, 3.8) is 0 Å². The third kappa shape index (κ3) is 3.52.